The van der Waals surface area contributed by atoms with Gasteiger partial charge < -0.3 is 0 Å². The second-order valence-electron chi connectivity index (χ2n) is 4.77. The fourth-order valence-electron chi connectivity index (χ4n) is 2.15. The van der Waals surface area contributed by atoms with Crippen molar-refractivity contribution in [3.8, 4) is 16.4 Å². The maximum absolute atomic E-state index is 12.3. The van der Waals surface area contributed by atoms with E-state index in [1.165, 1.54) is 17.7 Å². The van der Waals surface area contributed by atoms with E-state index in [1.54, 1.807) is 4.68 Å². The van der Waals surface area contributed by atoms with Crippen molar-refractivity contribution in [3.05, 3.63) is 60.0 Å². The number of para-hydroxylation sites is 1. The molecule has 0 aliphatic heterocycles. The van der Waals surface area contributed by atoms with Crippen molar-refractivity contribution < 1.29 is 4.79 Å². The predicted molar refractivity (Wildman–Crippen MR) is 89.0 cm³/mol. The van der Waals surface area contributed by atoms with Crippen LogP contribution in [0.3, 0.4) is 0 Å². The van der Waals surface area contributed by atoms with Gasteiger partial charge >= 0.3 is 0 Å². The summed E-state index contributed by atoms with van der Waals surface area (Å²) < 4.78 is 1.65. The first-order chi connectivity index (χ1) is 11.8. The van der Waals surface area contributed by atoms with Crippen LogP contribution in [0.2, 0.25) is 0 Å². The largest absolute Gasteiger partial charge is 0.297 e. The van der Waals surface area contributed by atoms with E-state index in [-0.39, 0.29) is 11.8 Å². The highest BCUT2D eigenvalue weighted by Gasteiger charge is 2.19. The van der Waals surface area contributed by atoms with E-state index in [4.69, 9.17) is 0 Å². The first-order valence-corrected chi connectivity index (χ1v) is 7.92. The standard InChI is InChI=1S/C15H11N7OS/c23-14(19-15-16-9-17-20-15)12-18-13(11-7-4-8-24-11)22(21-12)10-5-2-1-3-6-10/h1-9H,(H2,16,17,19,20,23). The first-order valence-electron chi connectivity index (χ1n) is 7.04. The summed E-state index contributed by atoms with van der Waals surface area (Å²) in [6.45, 7) is 0. The number of benzene rings is 1. The highest BCUT2D eigenvalue weighted by molar-refractivity contribution is 7.13. The van der Waals surface area contributed by atoms with Gasteiger partial charge in [-0.05, 0) is 23.6 Å². The van der Waals surface area contributed by atoms with Crippen molar-refractivity contribution in [2.24, 2.45) is 0 Å². The Bertz CT molecular complexity index is 945. The highest BCUT2D eigenvalue weighted by atomic mass is 32.1. The number of hydrogen-bond donors (Lipinski definition) is 2. The molecule has 0 atom stereocenters. The fraction of sp³-hybridized carbons (Fsp3) is 0. The third kappa shape index (κ3) is 2.68. The first kappa shape index (κ1) is 14.3. The number of thiophene rings is 1. The van der Waals surface area contributed by atoms with Crippen LogP contribution in [0.1, 0.15) is 10.6 Å². The second-order valence-corrected chi connectivity index (χ2v) is 5.72. The summed E-state index contributed by atoms with van der Waals surface area (Å²) in [4.78, 5) is 21.5. The van der Waals surface area contributed by atoms with Gasteiger partial charge in [-0.3, -0.25) is 10.1 Å². The van der Waals surface area contributed by atoms with Crippen molar-refractivity contribution >= 4 is 23.2 Å². The molecule has 1 aromatic carbocycles. The van der Waals surface area contributed by atoms with E-state index in [9.17, 15) is 4.79 Å². The molecule has 0 spiro atoms. The molecule has 0 bridgehead atoms. The summed E-state index contributed by atoms with van der Waals surface area (Å²) in [6, 6.07) is 13.4. The van der Waals surface area contributed by atoms with Crippen LogP contribution in [-0.4, -0.2) is 35.9 Å². The molecule has 0 aliphatic rings. The van der Waals surface area contributed by atoms with E-state index in [2.05, 4.69) is 30.6 Å². The minimum absolute atomic E-state index is 0.0543. The number of carbonyl (C=O) groups is 1. The van der Waals surface area contributed by atoms with Crippen molar-refractivity contribution in [1.29, 1.82) is 0 Å². The van der Waals surface area contributed by atoms with Crippen LogP contribution in [0.25, 0.3) is 16.4 Å². The Kier molecular flexibility index (Phi) is 3.60. The van der Waals surface area contributed by atoms with Gasteiger partial charge in [0.2, 0.25) is 11.8 Å². The van der Waals surface area contributed by atoms with Crippen LogP contribution in [0.5, 0.6) is 0 Å². The summed E-state index contributed by atoms with van der Waals surface area (Å²) in [5, 5.41) is 15.1. The molecule has 118 valence electrons. The number of hydrogen-bond acceptors (Lipinski definition) is 6. The van der Waals surface area contributed by atoms with Gasteiger partial charge in [0.1, 0.15) is 6.33 Å². The van der Waals surface area contributed by atoms with Gasteiger partial charge in [0.15, 0.2) is 5.82 Å². The molecule has 2 N–H and O–H groups in total. The zero-order valence-corrected chi connectivity index (χ0v) is 13.1. The van der Waals surface area contributed by atoms with Gasteiger partial charge in [0.05, 0.1) is 10.6 Å². The van der Waals surface area contributed by atoms with E-state index in [0.717, 1.165) is 10.6 Å². The minimum Gasteiger partial charge on any atom is -0.288 e. The molecule has 3 heterocycles. The molecule has 0 aliphatic carbocycles. The molecule has 8 nitrogen and oxygen atoms in total. The molecule has 0 saturated heterocycles. The molecule has 24 heavy (non-hydrogen) atoms. The average molecular weight is 337 g/mol. The lowest BCUT2D eigenvalue weighted by atomic mass is 10.3. The van der Waals surface area contributed by atoms with Crippen molar-refractivity contribution in [2.45, 2.75) is 0 Å². The van der Waals surface area contributed by atoms with E-state index in [0.29, 0.717) is 5.82 Å². The molecule has 4 aromatic rings. The normalized spacial score (nSPS) is 10.7. The lowest BCUT2D eigenvalue weighted by Crippen LogP contribution is -2.15. The zero-order valence-electron chi connectivity index (χ0n) is 12.2. The molecule has 0 fully saturated rings. The van der Waals surface area contributed by atoms with Crippen LogP contribution in [0, 0.1) is 0 Å². The number of aromatic amines is 1. The minimum atomic E-state index is -0.459. The third-order valence-electron chi connectivity index (χ3n) is 3.20. The van der Waals surface area contributed by atoms with E-state index >= 15 is 0 Å². The molecular weight excluding hydrogens is 326 g/mol. The maximum atomic E-state index is 12.3. The fourth-order valence-corrected chi connectivity index (χ4v) is 2.85. The topological polar surface area (TPSA) is 101 Å². The number of nitrogens with zero attached hydrogens (tertiary/aromatic N) is 5. The van der Waals surface area contributed by atoms with Gasteiger partial charge in [-0.2, -0.15) is 10.1 Å². The molecule has 0 unspecified atom stereocenters. The maximum Gasteiger partial charge on any atom is 0.297 e. The van der Waals surface area contributed by atoms with Gasteiger partial charge in [0, 0.05) is 0 Å². The number of nitrogens with one attached hydrogen (secondary N) is 2. The number of amides is 1. The molecule has 0 radical (unpaired) electrons. The van der Waals surface area contributed by atoms with Gasteiger partial charge in [-0.1, -0.05) is 24.3 Å². The monoisotopic (exact) mass is 337 g/mol. The summed E-state index contributed by atoms with van der Waals surface area (Å²) in [5.41, 5.74) is 0.826. The van der Waals surface area contributed by atoms with Crippen molar-refractivity contribution in [2.75, 3.05) is 5.32 Å². The predicted octanol–water partition coefficient (Wildman–Crippen LogP) is 2.37. The second kappa shape index (κ2) is 6.05. The number of rotatable bonds is 4. The Morgan fingerprint density at radius 3 is 2.75 bits per heavy atom. The van der Waals surface area contributed by atoms with Gasteiger partial charge in [-0.25, -0.2) is 14.8 Å². The Hall–Kier alpha value is -3.33. The SMILES string of the molecule is O=C(Nc1ncn[nH]1)c1nc(-c2cccs2)n(-c2ccccc2)n1. The Labute approximate surface area is 140 Å². The number of aromatic nitrogens is 6. The van der Waals surface area contributed by atoms with Crippen LogP contribution in [0.4, 0.5) is 5.95 Å². The summed E-state index contributed by atoms with van der Waals surface area (Å²) in [6.07, 6.45) is 1.31. The smallest absolute Gasteiger partial charge is 0.288 e. The lowest BCUT2D eigenvalue weighted by molar-refractivity contribution is 0.101. The molecule has 3 aromatic heterocycles. The average Bonchev–Trinajstić information content (AvgIpc) is 3.36. The van der Waals surface area contributed by atoms with Crippen molar-refractivity contribution in [3.63, 3.8) is 0 Å². The Morgan fingerprint density at radius 2 is 2.04 bits per heavy atom. The molecule has 0 saturated carbocycles. The van der Waals surface area contributed by atoms with Gasteiger partial charge in [-0.15, -0.1) is 16.4 Å². The number of carbonyl (C=O) groups excluding carboxylic acids is 1. The molecular formula is C15H11N7OS. The Morgan fingerprint density at radius 1 is 1.17 bits per heavy atom. The summed E-state index contributed by atoms with van der Waals surface area (Å²) in [7, 11) is 0. The van der Waals surface area contributed by atoms with E-state index in [1.807, 2.05) is 47.8 Å². The van der Waals surface area contributed by atoms with Crippen LogP contribution in [-0.2, 0) is 0 Å². The summed E-state index contributed by atoms with van der Waals surface area (Å²) >= 11 is 1.53. The highest BCUT2D eigenvalue weighted by Crippen LogP contribution is 2.25. The van der Waals surface area contributed by atoms with Crippen molar-refractivity contribution in [1.82, 2.24) is 29.9 Å². The number of H-pyrrole nitrogens is 1. The summed E-state index contributed by atoms with van der Waals surface area (Å²) in [5.74, 6) is 0.450. The third-order valence-corrected chi connectivity index (χ3v) is 4.07. The quantitative estimate of drug-likeness (QED) is 0.595. The molecule has 1 amide bonds. The molecule has 4 rings (SSSR count). The zero-order chi connectivity index (χ0) is 16.4. The van der Waals surface area contributed by atoms with Crippen LogP contribution < -0.4 is 5.32 Å². The molecule has 9 heteroatoms. The van der Waals surface area contributed by atoms with Crippen LogP contribution >= 0.6 is 11.3 Å². The Balaban J connectivity index is 1.75. The van der Waals surface area contributed by atoms with E-state index < -0.39 is 5.91 Å². The lowest BCUT2D eigenvalue weighted by Gasteiger charge is -2.03. The van der Waals surface area contributed by atoms with Gasteiger partial charge in [0.25, 0.3) is 5.91 Å². The number of anilines is 1. The van der Waals surface area contributed by atoms with Crippen LogP contribution in [0.15, 0.2) is 54.2 Å².